The smallest absolute Gasteiger partial charge is 0.416 e. The van der Waals surface area contributed by atoms with Gasteiger partial charge < -0.3 is 15.2 Å². The van der Waals surface area contributed by atoms with Crippen LogP contribution >= 0.6 is 0 Å². The van der Waals surface area contributed by atoms with Crippen molar-refractivity contribution in [3.8, 4) is 0 Å². The molecule has 1 unspecified atom stereocenters. The van der Waals surface area contributed by atoms with Crippen LogP contribution in [0.4, 0.5) is 28.4 Å². The highest BCUT2D eigenvalue weighted by Crippen LogP contribution is 2.32. The fourth-order valence-corrected chi connectivity index (χ4v) is 1.84. The van der Waals surface area contributed by atoms with E-state index in [1.165, 1.54) is 12.1 Å². The molecule has 1 atom stereocenters. The third kappa shape index (κ3) is 3.56. The lowest BCUT2D eigenvalue weighted by molar-refractivity contribution is -0.137. The van der Waals surface area contributed by atoms with Gasteiger partial charge in [-0.3, -0.25) is 4.90 Å². The standard InChI is InChI=1S/C12H11F3N2O4/c13-12(14,15)7-2-1-3-8(4-7)17-5-9(21-11(17)19)6-20-10(16)18/h1-4,9H,5-6H2,(H2,16,18). The highest BCUT2D eigenvalue weighted by Gasteiger charge is 2.35. The fraction of sp³-hybridized carbons (Fsp3) is 0.333. The molecule has 1 aromatic carbocycles. The monoisotopic (exact) mass is 304 g/mol. The van der Waals surface area contributed by atoms with Gasteiger partial charge in [0, 0.05) is 5.69 Å². The summed E-state index contributed by atoms with van der Waals surface area (Å²) < 4.78 is 47.3. The third-order valence-electron chi connectivity index (χ3n) is 2.77. The van der Waals surface area contributed by atoms with Gasteiger partial charge in [0.05, 0.1) is 12.1 Å². The molecule has 0 radical (unpaired) electrons. The largest absolute Gasteiger partial charge is 0.446 e. The maximum atomic E-state index is 12.6. The van der Waals surface area contributed by atoms with E-state index in [0.29, 0.717) is 0 Å². The first-order valence-corrected chi connectivity index (χ1v) is 5.85. The minimum Gasteiger partial charge on any atom is -0.446 e. The highest BCUT2D eigenvalue weighted by molar-refractivity contribution is 5.89. The molecule has 21 heavy (non-hydrogen) atoms. The Bertz CT molecular complexity index is 562. The molecule has 0 aromatic heterocycles. The molecule has 6 nitrogen and oxygen atoms in total. The molecule has 9 heteroatoms. The van der Waals surface area contributed by atoms with Gasteiger partial charge in [-0.2, -0.15) is 13.2 Å². The average Bonchev–Trinajstić information content (AvgIpc) is 2.77. The van der Waals surface area contributed by atoms with Crippen molar-refractivity contribution in [1.82, 2.24) is 0 Å². The Morgan fingerprint density at radius 1 is 1.48 bits per heavy atom. The summed E-state index contributed by atoms with van der Waals surface area (Å²) >= 11 is 0. The van der Waals surface area contributed by atoms with E-state index in [0.717, 1.165) is 17.0 Å². The molecule has 1 aliphatic heterocycles. The van der Waals surface area contributed by atoms with E-state index < -0.39 is 30.0 Å². The lowest BCUT2D eigenvalue weighted by Crippen LogP contribution is -2.27. The van der Waals surface area contributed by atoms with Gasteiger partial charge >= 0.3 is 18.4 Å². The molecule has 1 heterocycles. The quantitative estimate of drug-likeness (QED) is 0.927. The Morgan fingerprint density at radius 2 is 2.19 bits per heavy atom. The number of amides is 2. The molecule has 1 saturated heterocycles. The number of ether oxygens (including phenoxy) is 2. The van der Waals surface area contributed by atoms with Crippen LogP contribution in [0.5, 0.6) is 0 Å². The van der Waals surface area contributed by atoms with Gasteiger partial charge in [-0.15, -0.1) is 0 Å². The van der Waals surface area contributed by atoms with Crippen molar-refractivity contribution in [2.24, 2.45) is 5.73 Å². The molecule has 1 aliphatic rings. The predicted octanol–water partition coefficient (Wildman–Crippen LogP) is 2.13. The van der Waals surface area contributed by atoms with E-state index in [4.69, 9.17) is 10.5 Å². The van der Waals surface area contributed by atoms with E-state index in [9.17, 15) is 22.8 Å². The Hall–Kier alpha value is -2.45. The summed E-state index contributed by atoms with van der Waals surface area (Å²) in [7, 11) is 0. The Kier molecular flexibility index (Phi) is 3.92. The number of hydrogen-bond donors (Lipinski definition) is 1. The third-order valence-corrected chi connectivity index (χ3v) is 2.77. The SMILES string of the molecule is NC(=O)OCC1CN(c2cccc(C(F)(F)F)c2)C(=O)O1. The van der Waals surface area contributed by atoms with Crippen molar-refractivity contribution >= 4 is 17.9 Å². The zero-order valence-corrected chi connectivity index (χ0v) is 10.6. The minimum absolute atomic E-state index is 0.0343. The molecule has 0 bridgehead atoms. The molecular weight excluding hydrogens is 293 g/mol. The van der Waals surface area contributed by atoms with Gasteiger partial charge in [-0.25, -0.2) is 9.59 Å². The first-order valence-electron chi connectivity index (χ1n) is 5.85. The van der Waals surface area contributed by atoms with Crippen LogP contribution in [-0.4, -0.2) is 31.4 Å². The Morgan fingerprint density at radius 3 is 2.81 bits per heavy atom. The van der Waals surface area contributed by atoms with Gasteiger partial charge in [-0.1, -0.05) is 6.07 Å². The van der Waals surface area contributed by atoms with Crippen LogP contribution in [0.25, 0.3) is 0 Å². The summed E-state index contributed by atoms with van der Waals surface area (Å²) in [6.45, 7) is -0.288. The zero-order valence-electron chi connectivity index (χ0n) is 10.6. The van der Waals surface area contributed by atoms with Crippen LogP contribution in [0.1, 0.15) is 5.56 Å². The number of nitrogens with zero attached hydrogens (tertiary/aromatic N) is 1. The van der Waals surface area contributed by atoms with Crippen LogP contribution in [0.2, 0.25) is 0 Å². The number of carbonyl (C=O) groups is 2. The summed E-state index contributed by atoms with van der Waals surface area (Å²) in [5, 5.41) is 0. The summed E-state index contributed by atoms with van der Waals surface area (Å²) in [5.74, 6) is 0. The lowest BCUT2D eigenvalue weighted by atomic mass is 10.2. The average molecular weight is 304 g/mol. The number of rotatable bonds is 3. The normalized spacial score (nSPS) is 18.5. The summed E-state index contributed by atoms with van der Waals surface area (Å²) in [6, 6.07) is 4.30. The van der Waals surface area contributed by atoms with Crippen molar-refractivity contribution in [2.75, 3.05) is 18.1 Å². The second-order valence-corrected chi connectivity index (χ2v) is 4.29. The number of anilines is 1. The molecule has 2 rings (SSSR count). The molecule has 0 aliphatic carbocycles. The Labute approximate surface area is 117 Å². The van der Waals surface area contributed by atoms with Gasteiger partial charge in [0.1, 0.15) is 6.61 Å². The van der Waals surface area contributed by atoms with Crippen molar-refractivity contribution in [1.29, 1.82) is 0 Å². The summed E-state index contributed by atoms with van der Waals surface area (Å²) in [6.07, 6.45) is -7.12. The molecule has 2 amide bonds. The maximum Gasteiger partial charge on any atom is 0.416 e. The van der Waals surface area contributed by atoms with Crippen molar-refractivity contribution in [2.45, 2.75) is 12.3 Å². The Balaban J connectivity index is 2.12. The number of alkyl halides is 3. The van der Waals surface area contributed by atoms with E-state index in [1.54, 1.807) is 0 Å². The zero-order chi connectivity index (χ0) is 15.6. The number of hydrogen-bond acceptors (Lipinski definition) is 4. The lowest BCUT2D eigenvalue weighted by Gasteiger charge is -2.15. The number of benzene rings is 1. The van der Waals surface area contributed by atoms with Gasteiger partial charge in [0.25, 0.3) is 0 Å². The second-order valence-electron chi connectivity index (χ2n) is 4.29. The molecule has 1 aromatic rings. The molecular formula is C12H11F3N2O4. The van der Waals surface area contributed by atoms with E-state index in [-0.39, 0.29) is 18.8 Å². The van der Waals surface area contributed by atoms with Crippen molar-refractivity contribution < 1.29 is 32.2 Å². The fourth-order valence-electron chi connectivity index (χ4n) is 1.84. The van der Waals surface area contributed by atoms with Gasteiger partial charge in [0.15, 0.2) is 6.10 Å². The number of carbonyl (C=O) groups excluding carboxylic acids is 2. The second kappa shape index (κ2) is 5.51. The molecule has 2 N–H and O–H groups in total. The number of nitrogens with two attached hydrogens (primary N) is 1. The van der Waals surface area contributed by atoms with Gasteiger partial charge in [-0.05, 0) is 18.2 Å². The first-order chi connectivity index (χ1) is 9.77. The van der Waals surface area contributed by atoms with Crippen LogP contribution in [0.3, 0.4) is 0 Å². The molecule has 0 saturated carbocycles. The minimum atomic E-state index is -4.51. The topological polar surface area (TPSA) is 81.9 Å². The first kappa shape index (κ1) is 14.9. The number of halogens is 3. The van der Waals surface area contributed by atoms with Gasteiger partial charge in [0.2, 0.25) is 0 Å². The molecule has 114 valence electrons. The van der Waals surface area contributed by atoms with E-state index >= 15 is 0 Å². The summed E-state index contributed by atoms with van der Waals surface area (Å²) in [4.78, 5) is 23.1. The summed E-state index contributed by atoms with van der Waals surface area (Å²) in [5.41, 5.74) is 3.96. The number of cyclic esters (lactones) is 1. The number of primary amides is 1. The van der Waals surface area contributed by atoms with Crippen LogP contribution in [0, 0.1) is 0 Å². The van der Waals surface area contributed by atoms with E-state index in [2.05, 4.69) is 4.74 Å². The van der Waals surface area contributed by atoms with E-state index in [1.807, 2.05) is 0 Å². The predicted molar refractivity (Wildman–Crippen MR) is 64.6 cm³/mol. The van der Waals surface area contributed by atoms with Crippen molar-refractivity contribution in [3.05, 3.63) is 29.8 Å². The molecule has 1 fully saturated rings. The van der Waals surface area contributed by atoms with Crippen molar-refractivity contribution in [3.63, 3.8) is 0 Å². The maximum absolute atomic E-state index is 12.6. The highest BCUT2D eigenvalue weighted by atomic mass is 19.4. The van der Waals surface area contributed by atoms with Crippen LogP contribution in [-0.2, 0) is 15.7 Å². The molecule has 0 spiro atoms. The van der Waals surface area contributed by atoms with Crippen LogP contribution < -0.4 is 10.6 Å². The van der Waals surface area contributed by atoms with Crippen LogP contribution in [0.15, 0.2) is 24.3 Å².